The number of hydrogen-bond acceptors (Lipinski definition) is 2. The van der Waals surface area contributed by atoms with E-state index in [0.717, 1.165) is 28.7 Å². The van der Waals surface area contributed by atoms with E-state index in [1.54, 1.807) is 0 Å². The van der Waals surface area contributed by atoms with Crippen molar-refractivity contribution in [3.8, 4) is 11.8 Å². The molecule has 2 nitrogen and oxygen atoms in total. The summed E-state index contributed by atoms with van der Waals surface area (Å²) < 4.78 is 5.74. The summed E-state index contributed by atoms with van der Waals surface area (Å²) in [4.78, 5) is 12.0. The van der Waals surface area contributed by atoms with Gasteiger partial charge in [0, 0.05) is 29.5 Å². The average Bonchev–Trinajstić information content (AvgIpc) is 2.52. The van der Waals surface area contributed by atoms with Gasteiger partial charge in [0.25, 0.3) is 0 Å². The average molecular weight is 290 g/mol. The van der Waals surface area contributed by atoms with Gasteiger partial charge in [-0.1, -0.05) is 55.2 Å². The lowest BCUT2D eigenvalue weighted by molar-refractivity contribution is -0.149. The van der Waals surface area contributed by atoms with Crippen LogP contribution in [0.1, 0.15) is 48.1 Å². The summed E-state index contributed by atoms with van der Waals surface area (Å²) in [5.41, 5.74) is 4.06. The van der Waals surface area contributed by atoms with Crippen LogP contribution in [-0.2, 0) is 16.0 Å². The lowest BCUT2D eigenvalue weighted by atomic mass is 9.92. The largest absolute Gasteiger partial charge is 0.457 e. The fourth-order valence-corrected chi connectivity index (χ4v) is 2.68. The van der Waals surface area contributed by atoms with E-state index in [2.05, 4.69) is 17.9 Å². The van der Waals surface area contributed by atoms with E-state index in [-0.39, 0.29) is 12.1 Å². The zero-order chi connectivity index (χ0) is 15.4. The molecule has 0 heterocycles. The van der Waals surface area contributed by atoms with E-state index in [0.29, 0.717) is 12.8 Å². The second-order valence-corrected chi connectivity index (χ2v) is 5.43. The molecule has 0 saturated heterocycles. The lowest BCUT2D eigenvalue weighted by Gasteiger charge is -2.21. The first kappa shape index (κ1) is 14.4. The molecule has 2 aromatic carbocycles. The first-order valence-corrected chi connectivity index (χ1v) is 7.66. The predicted octanol–water partition coefficient (Wildman–Crippen LogP) is 4.03. The molecule has 1 aliphatic carbocycles. The Morgan fingerprint density at radius 2 is 1.77 bits per heavy atom. The standard InChI is InChI=1S/C20H18O2/c1-2-7-20(21)22-19-14-17-10-4-3-8-15(17)12-13-16-9-5-6-11-18(16)19/h3-6,8-11,19H,2,7,14H2,1H3. The minimum absolute atomic E-state index is 0.145. The summed E-state index contributed by atoms with van der Waals surface area (Å²) in [6.07, 6.45) is 1.64. The van der Waals surface area contributed by atoms with Gasteiger partial charge in [0.2, 0.25) is 0 Å². The minimum Gasteiger partial charge on any atom is -0.457 e. The molecule has 0 bridgehead atoms. The first-order valence-electron chi connectivity index (χ1n) is 7.66. The van der Waals surface area contributed by atoms with E-state index in [1.807, 2.05) is 49.4 Å². The number of carbonyl (C=O) groups excluding carboxylic acids is 1. The Hall–Kier alpha value is -2.53. The number of rotatable bonds is 3. The number of benzene rings is 2. The third-order valence-electron chi connectivity index (χ3n) is 3.79. The second-order valence-electron chi connectivity index (χ2n) is 5.43. The number of esters is 1. The zero-order valence-corrected chi connectivity index (χ0v) is 12.6. The first-order chi connectivity index (χ1) is 10.8. The van der Waals surface area contributed by atoms with E-state index in [4.69, 9.17) is 4.74 Å². The van der Waals surface area contributed by atoms with Crippen LogP contribution in [0, 0.1) is 11.8 Å². The van der Waals surface area contributed by atoms with Crippen LogP contribution >= 0.6 is 0 Å². The van der Waals surface area contributed by atoms with Gasteiger partial charge in [0.15, 0.2) is 0 Å². The van der Waals surface area contributed by atoms with Crippen LogP contribution in [-0.4, -0.2) is 5.97 Å². The molecule has 1 atom stereocenters. The Bertz CT molecular complexity index is 750. The second kappa shape index (κ2) is 6.49. The van der Waals surface area contributed by atoms with Gasteiger partial charge in [-0.3, -0.25) is 4.79 Å². The van der Waals surface area contributed by atoms with Crippen LogP contribution in [0.25, 0.3) is 0 Å². The van der Waals surface area contributed by atoms with Gasteiger partial charge in [-0.05, 0) is 24.1 Å². The molecule has 3 rings (SSSR count). The van der Waals surface area contributed by atoms with Crippen molar-refractivity contribution in [2.45, 2.75) is 32.3 Å². The molecule has 0 N–H and O–H groups in total. The SMILES string of the molecule is CCCC(=O)OC1Cc2ccccc2C#Cc2ccccc21. The van der Waals surface area contributed by atoms with Crippen LogP contribution in [0.5, 0.6) is 0 Å². The fraction of sp³-hybridized carbons (Fsp3) is 0.250. The summed E-state index contributed by atoms with van der Waals surface area (Å²) in [7, 11) is 0. The van der Waals surface area contributed by atoms with Gasteiger partial charge in [-0.2, -0.15) is 0 Å². The number of carbonyl (C=O) groups is 1. The highest BCUT2D eigenvalue weighted by Gasteiger charge is 2.21. The quantitative estimate of drug-likeness (QED) is 0.630. The van der Waals surface area contributed by atoms with Crippen molar-refractivity contribution < 1.29 is 9.53 Å². The maximum absolute atomic E-state index is 12.0. The topological polar surface area (TPSA) is 26.3 Å². The summed E-state index contributed by atoms with van der Waals surface area (Å²) in [5, 5.41) is 0. The van der Waals surface area contributed by atoms with Gasteiger partial charge < -0.3 is 4.74 Å². The molecule has 1 unspecified atom stereocenters. The predicted molar refractivity (Wildman–Crippen MR) is 86.3 cm³/mol. The van der Waals surface area contributed by atoms with Crippen molar-refractivity contribution in [2.24, 2.45) is 0 Å². The van der Waals surface area contributed by atoms with Crippen molar-refractivity contribution in [2.75, 3.05) is 0 Å². The summed E-state index contributed by atoms with van der Waals surface area (Å²) in [5.74, 6) is 6.30. The molecule has 2 heteroatoms. The Balaban J connectivity index is 2.03. The van der Waals surface area contributed by atoms with Crippen molar-refractivity contribution in [1.82, 2.24) is 0 Å². The van der Waals surface area contributed by atoms with E-state index in [1.165, 1.54) is 0 Å². The number of fused-ring (bicyclic) bond motifs is 2. The molecule has 1 aliphatic rings. The molecule has 22 heavy (non-hydrogen) atoms. The maximum atomic E-state index is 12.0. The van der Waals surface area contributed by atoms with Gasteiger partial charge in [0.05, 0.1) is 0 Å². The van der Waals surface area contributed by atoms with Crippen LogP contribution in [0.2, 0.25) is 0 Å². The summed E-state index contributed by atoms with van der Waals surface area (Å²) in [6.45, 7) is 1.98. The van der Waals surface area contributed by atoms with Crippen molar-refractivity contribution in [3.05, 3.63) is 70.8 Å². The highest BCUT2D eigenvalue weighted by atomic mass is 16.5. The zero-order valence-electron chi connectivity index (χ0n) is 12.6. The van der Waals surface area contributed by atoms with Crippen LogP contribution in [0.4, 0.5) is 0 Å². The monoisotopic (exact) mass is 290 g/mol. The van der Waals surface area contributed by atoms with Gasteiger partial charge in [-0.25, -0.2) is 0 Å². The lowest BCUT2D eigenvalue weighted by Crippen LogP contribution is -2.16. The van der Waals surface area contributed by atoms with E-state index in [9.17, 15) is 4.79 Å². The molecular weight excluding hydrogens is 272 g/mol. The normalized spacial score (nSPS) is 15.4. The molecule has 2 aromatic rings. The van der Waals surface area contributed by atoms with E-state index < -0.39 is 0 Å². The molecule has 110 valence electrons. The summed E-state index contributed by atoms with van der Waals surface area (Å²) in [6, 6.07) is 16.0. The third kappa shape index (κ3) is 3.04. The Labute approximate surface area is 131 Å². The smallest absolute Gasteiger partial charge is 0.306 e. The molecule has 0 spiro atoms. The molecule has 0 aliphatic heterocycles. The van der Waals surface area contributed by atoms with Crippen LogP contribution < -0.4 is 0 Å². The van der Waals surface area contributed by atoms with Gasteiger partial charge in [-0.15, -0.1) is 0 Å². The summed E-state index contributed by atoms with van der Waals surface area (Å²) >= 11 is 0. The van der Waals surface area contributed by atoms with Crippen molar-refractivity contribution in [1.29, 1.82) is 0 Å². The minimum atomic E-state index is -0.272. The Morgan fingerprint density at radius 3 is 2.59 bits per heavy atom. The maximum Gasteiger partial charge on any atom is 0.306 e. The number of hydrogen-bond donors (Lipinski definition) is 0. The molecule has 0 saturated carbocycles. The van der Waals surface area contributed by atoms with E-state index >= 15 is 0 Å². The van der Waals surface area contributed by atoms with Crippen molar-refractivity contribution in [3.63, 3.8) is 0 Å². The van der Waals surface area contributed by atoms with Crippen molar-refractivity contribution >= 4 is 5.97 Å². The van der Waals surface area contributed by atoms with Gasteiger partial charge in [0.1, 0.15) is 6.10 Å². The van der Waals surface area contributed by atoms with Crippen LogP contribution in [0.15, 0.2) is 48.5 Å². The molecular formula is C20H18O2. The van der Waals surface area contributed by atoms with Crippen LogP contribution in [0.3, 0.4) is 0 Å². The van der Waals surface area contributed by atoms with Gasteiger partial charge >= 0.3 is 5.97 Å². The highest BCUT2D eigenvalue weighted by molar-refractivity contribution is 5.70. The molecule has 0 aromatic heterocycles. The fourth-order valence-electron chi connectivity index (χ4n) is 2.68. The molecule has 0 fully saturated rings. The number of ether oxygens (including phenoxy) is 1. The Kier molecular flexibility index (Phi) is 4.25. The molecule has 0 radical (unpaired) electrons. The Morgan fingerprint density at radius 1 is 1.09 bits per heavy atom. The third-order valence-corrected chi connectivity index (χ3v) is 3.79. The highest BCUT2D eigenvalue weighted by Crippen LogP contribution is 2.28. The molecule has 0 amide bonds.